The molecule has 1 aliphatic rings. The lowest BCUT2D eigenvalue weighted by molar-refractivity contribution is -0.121. The van der Waals surface area contributed by atoms with Gasteiger partial charge in [-0.2, -0.15) is 0 Å². The minimum Gasteiger partial charge on any atom is -0.361 e. The molecule has 7 heteroatoms. The van der Waals surface area contributed by atoms with Crippen LogP contribution in [-0.2, 0) is 4.79 Å². The minimum absolute atomic E-state index is 0.00217. The van der Waals surface area contributed by atoms with E-state index in [2.05, 4.69) is 10.3 Å². The number of fused-ring (bicyclic) bond motifs is 1. The second-order valence-corrected chi connectivity index (χ2v) is 8.06. The first-order valence-corrected chi connectivity index (χ1v) is 10.5. The van der Waals surface area contributed by atoms with Crippen LogP contribution in [0.4, 0.5) is 8.78 Å². The Morgan fingerprint density at radius 2 is 1.90 bits per heavy atom. The van der Waals surface area contributed by atoms with Gasteiger partial charge in [0.05, 0.1) is 0 Å². The number of halogens is 2. The van der Waals surface area contributed by atoms with Gasteiger partial charge in [-0.05, 0) is 49.6 Å². The zero-order chi connectivity index (χ0) is 22.1. The lowest BCUT2D eigenvalue weighted by atomic mass is 10.0. The number of nitrogens with one attached hydrogen (secondary N) is 2. The van der Waals surface area contributed by atoms with Crippen LogP contribution in [0.15, 0.2) is 42.6 Å². The molecule has 1 heterocycles. The molecular formula is C24H25F2N3O2. The summed E-state index contributed by atoms with van der Waals surface area (Å²) in [6.45, 7) is 1.80. The van der Waals surface area contributed by atoms with Gasteiger partial charge in [-0.25, -0.2) is 8.78 Å². The van der Waals surface area contributed by atoms with Crippen LogP contribution >= 0.6 is 0 Å². The molecule has 0 radical (unpaired) electrons. The van der Waals surface area contributed by atoms with Crippen LogP contribution in [0.1, 0.15) is 43.0 Å². The Bertz CT molecular complexity index is 1140. The number of carbonyl (C=O) groups is 2. The Morgan fingerprint density at radius 3 is 2.65 bits per heavy atom. The van der Waals surface area contributed by atoms with Gasteiger partial charge in [-0.1, -0.05) is 13.0 Å². The summed E-state index contributed by atoms with van der Waals surface area (Å²) in [6, 6.07) is 9.02. The molecule has 2 amide bonds. The molecule has 3 aromatic rings. The van der Waals surface area contributed by atoms with Crippen molar-refractivity contribution >= 4 is 22.7 Å². The molecule has 0 saturated heterocycles. The van der Waals surface area contributed by atoms with Gasteiger partial charge in [0, 0.05) is 59.3 Å². The van der Waals surface area contributed by atoms with Crippen LogP contribution in [0.5, 0.6) is 0 Å². The van der Waals surface area contributed by atoms with E-state index in [0.29, 0.717) is 23.7 Å². The number of aromatic amines is 1. The van der Waals surface area contributed by atoms with Crippen molar-refractivity contribution in [2.24, 2.45) is 0 Å². The van der Waals surface area contributed by atoms with E-state index in [1.807, 2.05) is 0 Å². The molecular weight excluding hydrogens is 400 g/mol. The highest BCUT2D eigenvalue weighted by atomic mass is 19.1. The summed E-state index contributed by atoms with van der Waals surface area (Å²) in [5, 5.41) is 3.36. The molecule has 1 fully saturated rings. The molecule has 1 aromatic heterocycles. The Kier molecular flexibility index (Phi) is 5.76. The fourth-order valence-electron chi connectivity index (χ4n) is 4.31. The molecule has 2 atom stereocenters. The first-order valence-electron chi connectivity index (χ1n) is 10.5. The van der Waals surface area contributed by atoms with Gasteiger partial charge < -0.3 is 15.2 Å². The highest BCUT2D eigenvalue weighted by Crippen LogP contribution is 2.31. The second-order valence-electron chi connectivity index (χ2n) is 8.06. The second kappa shape index (κ2) is 8.49. The quantitative estimate of drug-likeness (QED) is 0.626. The topological polar surface area (TPSA) is 65.2 Å². The number of hydrogen-bond donors (Lipinski definition) is 2. The fourth-order valence-corrected chi connectivity index (χ4v) is 4.31. The number of amides is 2. The third-order valence-corrected chi connectivity index (χ3v) is 6.13. The zero-order valence-electron chi connectivity index (χ0n) is 17.5. The summed E-state index contributed by atoms with van der Waals surface area (Å²) >= 11 is 0. The van der Waals surface area contributed by atoms with Crippen LogP contribution in [0, 0.1) is 11.6 Å². The highest BCUT2D eigenvalue weighted by Gasteiger charge is 2.31. The van der Waals surface area contributed by atoms with E-state index in [1.54, 1.807) is 37.2 Å². The van der Waals surface area contributed by atoms with Crippen molar-refractivity contribution in [2.75, 3.05) is 7.05 Å². The van der Waals surface area contributed by atoms with E-state index >= 15 is 0 Å². The summed E-state index contributed by atoms with van der Waals surface area (Å²) in [4.78, 5) is 29.1. The smallest absolute Gasteiger partial charge is 0.253 e. The third kappa shape index (κ3) is 4.04. The average molecular weight is 425 g/mol. The number of benzene rings is 2. The van der Waals surface area contributed by atoms with Gasteiger partial charge >= 0.3 is 0 Å². The van der Waals surface area contributed by atoms with Crippen molar-refractivity contribution in [3.63, 3.8) is 0 Å². The van der Waals surface area contributed by atoms with E-state index < -0.39 is 11.6 Å². The molecule has 2 N–H and O–H groups in total. The summed E-state index contributed by atoms with van der Waals surface area (Å²) in [7, 11) is 1.70. The van der Waals surface area contributed by atoms with Crippen molar-refractivity contribution in [1.82, 2.24) is 15.2 Å². The van der Waals surface area contributed by atoms with Gasteiger partial charge in [-0.15, -0.1) is 0 Å². The third-order valence-electron chi connectivity index (χ3n) is 6.13. The number of carbonyl (C=O) groups excluding carboxylic acids is 2. The van der Waals surface area contributed by atoms with Gasteiger partial charge in [0.15, 0.2) is 0 Å². The number of rotatable bonds is 5. The Balaban J connectivity index is 1.51. The molecule has 0 bridgehead atoms. The number of hydrogen-bond acceptors (Lipinski definition) is 2. The van der Waals surface area contributed by atoms with E-state index in [9.17, 15) is 18.4 Å². The monoisotopic (exact) mass is 425 g/mol. The van der Waals surface area contributed by atoms with Crippen LogP contribution in [0.3, 0.4) is 0 Å². The summed E-state index contributed by atoms with van der Waals surface area (Å²) in [5.74, 6) is -1.44. The number of nitrogens with zero attached hydrogens (tertiary/aromatic N) is 1. The van der Waals surface area contributed by atoms with Gasteiger partial charge in [0.1, 0.15) is 11.6 Å². The van der Waals surface area contributed by atoms with Crippen LogP contribution in [0.2, 0.25) is 0 Å². The van der Waals surface area contributed by atoms with Crippen LogP contribution in [0.25, 0.3) is 22.0 Å². The molecule has 4 rings (SSSR count). The Hall–Kier alpha value is -3.22. The van der Waals surface area contributed by atoms with E-state index in [-0.39, 0.29) is 40.6 Å². The first-order chi connectivity index (χ1) is 14.9. The molecule has 2 aromatic carbocycles. The van der Waals surface area contributed by atoms with Gasteiger partial charge in [0.25, 0.3) is 5.91 Å². The van der Waals surface area contributed by atoms with Gasteiger partial charge in [-0.3, -0.25) is 9.59 Å². The zero-order valence-corrected chi connectivity index (χ0v) is 17.5. The van der Waals surface area contributed by atoms with Crippen molar-refractivity contribution in [3.8, 4) is 11.1 Å². The number of aromatic nitrogens is 1. The first kappa shape index (κ1) is 21.0. The molecule has 162 valence electrons. The molecule has 1 saturated carbocycles. The summed E-state index contributed by atoms with van der Waals surface area (Å²) in [5.41, 5.74) is 1.12. The van der Waals surface area contributed by atoms with E-state index in [1.165, 1.54) is 24.3 Å². The van der Waals surface area contributed by atoms with E-state index in [0.717, 1.165) is 12.8 Å². The lowest BCUT2D eigenvalue weighted by Gasteiger charge is -2.25. The van der Waals surface area contributed by atoms with Crippen LogP contribution < -0.4 is 5.32 Å². The Morgan fingerprint density at radius 1 is 1.13 bits per heavy atom. The molecule has 1 aliphatic carbocycles. The predicted molar refractivity (Wildman–Crippen MR) is 116 cm³/mol. The molecule has 0 aliphatic heterocycles. The largest absolute Gasteiger partial charge is 0.361 e. The van der Waals surface area contributed by atoms with Gasteiger partial charge in [0.2, 0.25) is 5.91 Å². The average Bonchev–Trinajstić information content (AvgIpc) is 3.43. The lowest BCUT2D eigenvalue weighted by Crippen LogP contribution is -2.38. The predicted octanol–water partition coefficient (Wildman–Crippen LogP) is 4.63. The standard InChI is InChI=1S/C24H25F2N3O2/c1-3-22(30)28-15-5-6-16(13-15)29(2)24(31)14-4-7-17(20(25)12-14)18-8-9-21-19(23(18)26)10-11-27-21/h4,7-12,15-16,27H,3,5-6,13H2,1-2H3,(H,28,30). The molecule has 2 unspecified atom stereocenters. The fraction of sp³-hybridized carbons (Fsp3) is 0.333. The SMILES string of the molecule is CCC(=O)NC1CCC(N(C)C(=O)c2ccc(-c3ccc4[nH]ccc4c3F)c(F)c2)C1. The van der Waals surface area contributed by atoms with Crippen molar-refractivity contribution in [1.29, 1.82) is 0 Å². The molecule has 5 nitrogen and oxygen atoms in total. The van der Waals surface area contributed by atoms with E-state index in [4.69, 9.17) is 0 Å². The van der Waals surface area contributed by atoms with Crippen LogP contribution in [-0.4, -0.2) is 40.8 Å². The summed E-state index contributed by atoms with van der Waals surface area (Å²) < 4.78 is 29.7. The molecule has 31 heavy (non-hydrogen) atoms. The number of H-pyrrole nitrogens is 1. The highest BCUT2D eigenvalue weighted by molar-refractivity contribution is 5.95. The maximum absolute atomic E-state index is 14.9. The van der Waals surface area contributed by atoms with Crippen molar-refractivity contribution in [3.05, 3.63) is 59.8 Å². The normalized spacial score (nSPS) is 18.3. The maximum Gasteiger partial charge on any atom is 0.253 e. The maximum atomic E-state index is 14.9. The summed E-state index contributed by atoms with van der Waals surface area (Å²) in [6.07, 6.45) is 4.32. The minimum atomic E-state index is -0.646. The van der Waals surface area contributed by atoms with Crippen molar-refractivity contribution < 1.29 is 18.4 Å². The molecule has 0 spiro atoms. The van der Waals surface area contributed by atoms with Crippen molar-refractivity contribution in [2.45, 2.75) is 44.7 Å². The Labute approximate surface area is 179 Å².